The van der Waals surface area contributed by atoms with E-state index in [0.29, 0.717) is 12.0 Å². The summed E-state index contributed by atoms with van der Waals surface area (Å²) in [4.78, 5) is 0. The highest BCUT2D eigenvalue weighted by atomic mass is 16.5. The first-order valence-corrected chi connectivity index (χ1v) is 6.22. The summed E-state index contributed by atoms with van der Waals surface area (Å²) in [5, 5.41) is 3.53. The van der Waals surface area contributed by atoms with Gasteiger partial charge in [0.2, 0.25) is 0 Å². The van der Waals surface area contributed by atoms with E-state index in [0.717, 1.165) is 26.1 Å². The van der Waals surface area contributed by atoms with Crippen molar-refractivity contribution in [2.75, 3.05) is 13.2 Å². The lowest BCUT2D eigenvalue weighted by molar-refractivity contribution is 0.0872. The minimum Gasteiger partial charge on any atom is -0.378 e. The van der Waals surface area contributed by atoms with E-state index >= 15 is 0 Å². The van der Waals surface area contributed by atoms with Crippen molar-refractivity contribution in [3.63, 3.8) is 0 Å². The molecule has 2 heterocycles. The standard InChI is InChI=1S/C13H22N2O/c1-3-13-12(5-7-16-13)9-14-8-11-4-6-15(2)10-11/h4,6,10,12-14H,3,5,7-9H2,1-2H3. The molecule has 2 atom stereocenters. The van der Waals surface area contributed by atoms with Crippen molar-refractivity contribution >= 4 is 0 Å². The van der Waals surface area contributed by atoms with Crippen LogP contribution in [-0.2, 0) is 18.3 Å². The highest BCUT2D eigenvalue weighted by Crippen LogP contribution is 2.22. The Morgan fingerprint density at radius 3 is 3.12 bits per heavy atom. The molecule has 3 nitrogen and oxygen atoms in total. The zero-order chi connectivity index (χ0) is 11.4. The Balaban J connectivity index is 1.71. The number of rotatable bonds is 5. The first kappa shape index (κ1) is 11.7. The van der Waals surface area contributed by atoms with Crippen LogP contribution >= 0.6 is 0 Å². The zero-order valence-corrected chi connectivity index (χ0v) is 10.3. The molecular weight excluding hydrogens is 200 g/mol. The Bertz CT molecular complexity index is 321. The molecule has 16 heavy (non-hydrogen) atoms. The van der Waals surface area contributed by atoms with Gasteiger partial charge in [-0.1, -0.05) is 6.92 Å². The highest BCUT2D eigenvalue weighted by Gasteiger charge is 2.25. The lowest BCUT2D eigenvalue weighted by Gasteiger charge is -2.16. The molecule has 1 aliphatic heterocycles. The molecule has 0 saturated carbocycles. The number of hydrogen-bond acceptors (Lipinski definition) is 2. The lowest BCUT2D eigenvalue weighted by Crippen LogP contribution is -2.27. The van der Waals surface area contributed by atoms with Crippen molar-refractivity contribution in [3.8, 4) is 0 Å². The second kappa shape index (κ2) is 5.51. The molecule has 0 radical (unpaired) electrons. The zero-order valence-electron chi connectivity index (χ0n) is 10.3. The van der Waals surface area contributed by atoms with E-state index in [1.807, 2.05) is 0 Å². The quantitative estimate of drug-likeness (QED) is 0.824. The molecule has 0 aromatic carbocycles. The van der Waals surface area contributed by atoms with Gasteiger partial charge in [-0.05, 0) is 30.4 Å². The van der Waals surface area contributed by atoms with Crippen molar-refractivity contribution in [2.24, 2.45) is 13.0 Å². The Morgan fingerprint density at radius 1 is 1.56 bits per heavy atom. The van der Waals surface area contributed by atoms with Crippen LogP contribution in [0.2, 0.25) is 0 Å². The molecule has 1 aromatic heterocycles. The van der Waals surface area contributed by atoms with Gasteiger partial charge in [0.25, 0.3) is 0 Å². The maximum Gasteiger partial charge on any atom is 0.0613 e. The third-order valence-electron chi connectivity index (χ3n) is 3.38. The van der Waals surface area contributed by atoms with Crippen molar-refractivity contribution < 1.29 is 4.74 Å². The van der Waals surface area contributed by atoms with Crippen molar-refractivity contribution in [3.05, 3.63) is 24.0 Å². The number of aryl methyl sites for hydroxylation is 1. The minimum atomic E-state index is 0.475. The van der Waals surface area contributed by atoms with Gasteiger partial charge >= 0.3 is 0 Å². The normalized spacial score (nSPS) is 25.1. The van der Waals surface area contributed by atoms with E-state index in [4.69, 9.17) is 4.74 Å². The van der Waals surface area contributed by atoms with Gasteiger partial charge in [0, 0.05) is 39.1 Å². The van der Waals surface area contributed by atoms with Crippen molar-refractivity contribution in [2.45, 2.75) is 32.4 Å². The minimum absolute atomic E-state index is 0.475. The maximum atomic E-state index is 5.68. The molecule has 1 saturated heterocycles. The van der Waals surface area contributed by atoms with Crippen LogP contribution in [0.3, 0.4) is 0 Å². The molecule has 1 aliphatic rings. The molecule has 2 rings (SSSR count). The number of nitrogens with zero attached hydrogens (tertiary/aromatic N) is 1. The second-order valence-corrected chi connectivity index (χ2v) is 4.68. The van der Waals surface area contributed by atoms with E-state index < -0.39 is 0 Å². The van der Waals surface area contributed by atoms with Gasteiger partial charge in [-0.2, -0.15) is 0 Å². The highest BCUT2D eigenvalue weighted by molar-refractivity contribution is 5.09. The molecule has 90 valence electrons. The fourth-order valence-electron chi connectivity index (χ4n) is 2.44. The number of hydrogen-bond donors (Lipinski definition) is 1. The summed E-state index contributed by atoms with van der Waals surface area (Å²) in [7, 11) is 2.06. The Labute approximate surface area is 97.8 Å². The Morgan fingerprint density at radius 2 is 2.44 bits per heavy atom. The summed E-state index contributed by atoms with van der Waals surface area (Å²) in [5.41, 5.74) is 1.36. The number of ether oxygens (including phenoxy) is 1. The van der Waals surface area contributed by atoms with Crippen LogP contribution in [-0.4, -0.2) is 23.8 Å². The van der Waals surface area contributed by atoms with Crippen LogP contribution in [0, 0.1) is 5.92 Å². The lowest BCUT2D eigenvalue weighted by atomic mass is 10.00. The number of nitrogens with one attached hydrogen (secondary N) is 1. The van der Waals surface area contributed by atoms with Crippen LogP contribution in [0.25, 0.3) is 0 Å². The van der Waals surface area contributed by atoms with E-state index in [-0.39, 0.29) is 0 Å². The second-order valence-electron chi connectivity index (χ2n) is 4.68. The smallest absolute Gasteiger partial charge is 0.0613 e. The van der Waals surface area contributed by atoms with Gasteiger partial charge in [-0.15, -0.1) is 0 Å². The molecule has 2 unspecified atom stereocenters. The molecule has 1 fully saturated rings. The summed E-state index contributed by atoms with van der Waals surface area (Å²) < 4.78 is 7.77. The van der Waals surface area contributed by atoms with Gasteiger partial charge in [0.05, 0.1) is 6.10 Å². The van der Waals surface area contributed by atoms with Gasteiger partial charge in [0.15, 0.2) is 0 Å². The predicted molar refractivity (Wildman–Crippen MR) is 65.3 cm³/mol. The Kier molecular flexibility index (Phi) is 4.02. The molecule has 0 aliphatic carbocycles. The largest absolute Gasteiger partial charge is 0.378 e. The third kappa shape index (κ3) is 2.86. The fourth-order valence-corrected chi connectivity index (χ4v) is 2.44. The molecule has 1 aromatic rings. The molecule has 0 amide bonds. The first-order chi connectivity index (χ1) is 7.79. The topological polar surface area (TPSA) is 26.2 Å². The Hall–Kier alpha value is -0.800. The van der Waals surface area contributed by atoms with Crippen LogP contribution in [0.1, 0.15) is 25.3 Å². The van der Waals surface area contributed by atoms with E-state index in [1.54, 1.807) is 0 Å². The van der Waals surface area contributed by atoms with E-state index in [9.17, 15) is 0 Å². The fraction of sp³-hybridized carbons (Fsp3) is 0.692. The molecule has 1 N–H and O–H groups in total. The monoisotopic (exact) mass is 222 g/mol. The summed E-state index contributed by atoms with van der Waals surface area (Å²) >= 11 is 0. The van der Waals surface area contributed by atoms with Gasteiger partial charge in [0.1, 0.15) is 0 Å². The van der Waals surface area contributed by atoms with Gasteiger partial charge in [-0.3, -0.25) is 0 Å². The average Bonchev–Trinajstić information content (AvgIpc) is 2.87. The van der Waals surface area contributed by atoms with Crippen molar-refractivity contribution in [1.82, 2.24) is 9.88 Å². The molecule has 0 spiro atoms. The predicted octanol–water partition coefficient (Wildman–Crippen LogP) is 1.93. The van der Waals surface area contributed by atoms with Crippen LogP contribution in [0.5, 0.6) is 0 Å². The van der Waals surface area contributed by atoms with Gasteiger partial charge < -0.3 is 14.6 Å². The summed E-state index contributed by atoms with van der Waals surface area (Å²) in [6.45, 7) is 5.19. The number of aromatic nitrogens is 1. The SMILES string of the molecule is CCC1OCCC1CNCc1ccn(C)c1. The summed E-state index contributed by atoms with van der Waals surface area (Å²) in [6, 6.07) is 2.16. The molecule has 0 bridgehead atoms. The van der Waals surface area contributed by atoms with E-state index in [2.05, 4.69) is 42.3 Å². The maximum absolute atomic E-state index is 5.68. The van der Waals surface area contributed by atoms with E-state index in [1.165, 1.54) is 12.0 Å². The van der Waals surface area contributed by atoms with Crippen molar-refractivity contribution in [1.29, 1.82) is 0 Å². The van der Waals surface area contributed by atoms with Crippen LogP contribution in [0.4, 0.5) is 0 Å². The summed E-state index contributed by atoms with van der Waals surface area (Å²) in [5.74, 6) is 0.703. The van der Waals surface area contributed by atoms with Gasteiger partial charge in [-0.25, -0.2) is 0 Å². The summed E-state index contributed by atoms with van der Waals surface area (Å²) in [6.07, 6.45) is 7.07. The first-order valence-electron chi connectivity index (χ1n) is 6.22. The van der Waals surface area contributed by atoms with Crippen LogP contribution < -0.4 is 5.32 Å². The third-order valence-corrected chi connectivity index (χ3v) is 3.38. The molecule has 3 heteroatoms. The molecular formula is C13H22N2O. The average molecular weight is 222 g/mol. The van der Waals surface area contributed by atoms with Crippen LogP contribution in [0.15, 0.2) is 18.5 Å².